The predicted molar refractivity (Wildman–Crippen MR) is 82.3 cm³/mol. The Hall–Kier alpha value is -1.64. The van der Waals surface area contributed by atoms with Gasteiger partial charge in [-0.2, -0.15) is 0 Å². The minimum Gasteiger partial charge on any atom is -0.392 e. The molecular formula is C19H20O2. The van der Waals surface area contributed by atoms with E-state index in [1.807, 2.05) is 0 Å². The molecule has 4 rings (SSSR count). The summed E-state index contributed by atoms with van der Waals surface area (Å²) in [5.41, 5.74) is 5.32. The summed E-state index contributed by atoms with van der Waals surface area (Å²) in [6.45, 7) is 0.760. The first kappa shape index (κ1) is 13.1. The Labute approximate surface area is 125 Å². The predicted octanol–water partition coefficient (Wildman–Crippen LogP) is 3.39. The van der Waals surface area contributed by atoms with E-state index in [0.29, 0.717) is 6.42 Å². The molecule has 3 atom stereocenters. The molecule has 1 heterocycles. The van der Waals surface area contributed by atoms with E-state index in [2.05, 4.69) is 48.5 Å². The molecule has 0 fully saturated rings. The zero-order valence-electron chi connectivity index (χ0n) is 12.0. The quantitative estimate of drug-likeness (QED) is 0.934. The molecule has 1 N–H and O–H groups in total. The van der Waals surface area contributed by atoms with Gasteiger partial charge in [-0.1, -0.05) is 48.5 Å². The maximum Gasteiger partial charge on any atom is 0.0852 e. The third-order valence-electron chi connectivity index (χ3n) is 4.91. The van der Waals surface area contributed by atoms with Crippen LogP contribution in [0.2, 0.25) is 0 Å². The van der Waals surface area contributed by atoms with Gasteiger partial charge in [0.05, 0.1) is 18.8 Å². The molecule has 1 aliphatic heterocycles. The van der Waals surface area contributed by atoms with Crippen molar-refractivity contribution in [2.75, 3.05) is 6.61 Å². The highest BCUT2D eigenvalue weighted by atomic mass is 16.5. The van der Waals surface area contributed by atoms with Crippen molar-refractivity contribution in [3.63, 3.8) is 0 Å². The van der Waals surface area contributed by atoms with E-state index < -0.39 is 0 Å². The van der Waals surface area contributed by atoms with Gasteiger partial charge in [0.2, 0.25) is 0 Å². The average molecular weight is 280 g/mol. The summed E-state index contributed by atoms with van der Waals surface area (Å²) in [5, 5.41) is 10.6. The van der Waals surface area contributed by atoms with Crippen LogP contribution in [0.1, 0.15) is 40.7 Å². The number of ether oxygens (including phenoxy) is 1. The molecule has 2 aromatic rings. The summed E-state index contributed by atoms with van der Waals surface area (Å²) < 4.78 is 5.92. The zero-order valence-corrected chi connectivity index (χ0v) is 12.0. The third kappa shape index (κ3) is 2.29. The summed E-state index contributed by atoms with van der Waals surface area (Å²) >= 11 is 0. The van der Waals surface area contributed by atoms with Gasteiger partial charge in [0, 0.05) is 12.3 Å². The number of benzene rings is 2. The van der Waals surface area contributed by atoms with Crippen LogP contribution in [0.3, 0.4) is 0 Å². The first-order chi connectivity index (χ1) is 10.3. The van der Waals surface area contributed by atoms with Gasteiger partial charge in [0.1, 0.15) is 0 Å². The van der Waals surface area contributed by atoms with E-state index in [1.54, 1.807) is 0 Å². The highest BCUT2D eigenvalue weighted by Crippen LogP contribution is 2.41. The monoisotopic (exact) mass is 280 g/mol. The van der Waals surface area contributed by atoms with Crippen LogP contribution >= 0.6 is 0 Å². The van der Waals surface area contributed by atoms with E-state index in [4.69, 9.17) is 4.74 Å². The molecule has 0 radical (unpaired) electrons. The van der Waals surface area contributed by atoms with Crippen LogP contribution in [0.5, 0.6) is 0 Å². The maximum absolute atomic E-state index is 10.6. The Morgan fingerprint density at radius 3 is 2.52 bits per heavy atom. The molecular weight excluding hydrogens is 260 g/mol. The van der Waals surface area contributed by atoms with Crippen molar-refractivity contribution in [2.24, 2.45) is 0 Å². The van der Waals surface area contributed by atoms with Gasteiger partial charge in [0.15, 0.2) is 0 Å². The lowest BCUT2D eigenvalue weighted by molar-refractivity contribution is -0.00438. The summed E-state index contributed by atoms with van der Waals surface area (Å²) in [6, 6.07) is 16.9. The summed E-state index contributed by atoms with van der Waals surface area (Å²) in [6.07, 6.45) is 2.38. The van der Waals surface area contributed by atoms with Gasteiger partial charge in [-0.05, 0) is 35.1 Å². The Bertz CT molecular complexity index is 650. The fraction of sp³-hybridized carbons (Fsp3) is 0.368. The molecule has 2 nitrogen and oxygen atoms in total. The Morgan fingerprint density at radius 2 is 1.71 bits per heavy atom. The highest BCUT2D eigenvalue weighted by Gasteiger charge is 2.34. The molecule has 3 unspecified atom stereocenters. The number of hydrogen-bond donors (Lipinski definition) is 1. The number of rotatable bonds is 3. The highest BCUT2D eigenvalue weighted by molar-refractivity contribution is 5.41. The smallest absolute Gasteiger partial charge is 0.0852 e. The second-order valence-corrected chi connectivity index (χ2v) is 6.12. The lowest BCUT2D eigenvalue weighted by atomic mass is 9.73. The topological polar surface area (TPSA) is 29.5 Å². The Balaban J connectivity index is 1.50. The summed E-state index contributed by atoms with van der Waals surface area (Å²) in [7, 11) is 0. The number of aliphatic hydroxyl groups is 1. The van der Waals surface area contributed by atoms with E-state index in [-0.39, 0.29) is 18.1 Å². The fourth-order valence-electron chi connectivity index (χ4n) is 3.70. The van der Waals surface area contributed by atoms with Crippen molar-refractivity contribution in [3.8, 4) is 0 Å². The third-order valence-corrected chi connectivity index (χ3v) is 4.91. The molecule has 2 heteroatoms. The normalized spacial score (nSPS) is 24.6. The van der Waals surface area contributed by atoms with Crippen molar-refractivity contribution in [1.82, 2.24) is 0 Å². The summed E-state index contributed by atoms with van der Waals surface area (Å²) in [5.74, 6) is 0.277. The molecule has 0 amide bonds. The minimum atomic E-state index is -0.323. The molecule has 2 aromatic carbocycles. The molecule has 2 aliphatic rings. The fourth-order valence-corrected chi connectivity index (χ4v) is 3.70. The van der Waals surface area contributed by atoms with Crippen molar-refractivity contribution in [3.05, 3.63) is 70.8 Å². The molecule has 0 saturated heterocycles. The molecule has 0 bridgehead atoms. The number of fused-ring (bicyclic) bond motifs is 2. The Kier molecular flexibility index (Phi) is 3.28. The van der Waals surface area contributed by atoms with Gasteiger partial charge >= 0.3 is 0 Å². The van der Waals surface area contributed by atoms with Crippen LogP contribution in [0.15, 0.2) is 48.5 Å². The minimum absolute atomic E-state index is 0.0395. The van der Waals surface area contributed by atoms with E-state index in [0.717, 1.165) is 19.4 Å². The lowest BCUT2D eigenvalue weighted by Gasteiger charge is -2.36. The van der Waals surface area contributed by atoms with Crippen molar-refractivity contribution in [1.29, 1.82) is 0 Å². The lowest BCUT2D eigenvalue weighted by Crippen LogP contribution is -2.31. The van der Waals surface area contributed by atoms with E-state index in [1.165, 1.54) is 22.3 Å². The van der Waals surface area contributed by atoms with Crippen molar-refractivity contribution in [2.45, 2.75) is 37.4 Å². The molecule has 0 saturated carbocycles. The molecule has 21 heavy (non-hydrogen) atoms. The van der Waals surface area contributed by atoms with Gasteiger partial charge in [0.25, 0.3) is 0 Å². The van der Waals surface area contributed by atoms with Gasteiger partial charge in [-0.25, -0.2) is 0 Å². The average Bonchev–Trinajstić information content (AvgIpc) is 2.49. The second kappa shape index (κ2) is 5.28. The second-order valence-electron chi connectivity index (χ2n) is 6.12. The summed E-state index contributed by atoms with van der Waals surface area (Å²) in [4.78, 5) is 0. The first-order valence-electron chi connectivity index (χ1n) is 7.78. The molecule has 108 valence electrons. The van der Waals surface area contributed by atoms with Crippen molar-refractivity contribution < 1.29 is 9.84 Å². The number of hydrogen-bond acceptors (Lipinski definition) is 2. The van der Waals surface area contributed by atoms with Gasteiger partial charge < -0.3 is 9.84 Å². The maximum atomic E-state index is 10.6. The van der Waals surface area contributed by atoms with E-state index in [9.17, 15) is 5.11 Å². The molecule has 0 spiro atoms. The standard InChI is InChI=1S/C19H20O2/c20-18(17-11-14-6-2-3-7-15(14)17)12-19-16-8-4-1-5-13(16)9-10-21-19/h1-8,17-20H,9-12H2. The van der Waals surface area contributed by atoms with Crippen molar-refractivity contribution >= 4 is 0 Å². The molecule has 1 aliphatic carbocycles. The van der Waals surface area contributed by atoms with Gasteiger partial charge in [-0.15, -0.1) is 0 Å². The van der Waals surface area contributed by atoms with Crippen LogP contribution < -0.4 is 0 Å². The first-order valence-corrected chi connectivity index (χ1v) is 7.78. The zero-order chi connectivity index (χ0) is 14.2. The van der Waals surface area contributed by atoms with Crippen LogP contribution in [0.4, 0.5) is 0 Å². The van der Waals surface area contributed by atoms with Crippen LogP contribution in [-0.2, 0) is 17.6 Å². The largest absolute Gasteiger partial charge is 0.392 e. The van der Waals surface area contributed by atoms with Crippen LogP contribution in [-0.4, -0.2) is 17.8 Å². The number of aliphatic hydroxyl groups excluding tert-OH is 1. The van der Waals surface area contributed by atoms with Gasteiger partial charge in [-0.3, -0.25) is 0 Å². The van der Waals surface area contributed by atoms with E-state index >= 15 is 0 Å². The van der Waals surface area contributed by atoms with Crippen LogP contribution in [0.25, 0.3) is 0 Å². The molecule has 0 aromatic heterocycles. The SMILES string of the molecule is OC(CC1OCCc2ccccc21)C1Cc2ccccc21. The Morgan fingerprint density at radius 1 is 1.00 bits per heavy atom. The van der Waals surface area contributed by atoms with Crippen LogP contribution in [0, 0.1) is 0 Å².